The zero-order valence-electron chi connectivity index (χ0n) is 12.2. The third-order valence-corrected chi connectivity index (χ3v) is 4.21. The molecule has 0 radical (unpaired) electrons. The fourth-order valence-electron chi connectivity index (χ4n) is 2.74. The van der Waals surface area contributed by atoms with E-state index in [2.05, 4.69) is 10.6 Å². The molecular weight excluding hydrogens is 323 g/mol. The van der Waals surface area contributed by atoms with Crippen LogP contribution in [0.25, 0.3) is 6.08 Å². The Morgan fingerprint density at radius 1 is 1.45 bits per heavy atom. The zero-order chi connectivity index (χ0) is 14.7. The third kappa shape index (κ3) is 4.15. The molecule has 0 aromatic heterocycles. The summed E-state index contributed by atoms with van der Waals surface area (Å²) in [6.07, 6.45) is 4.08. The van der Waals surface area contributed by atoms with Crippen molar-refractivity contribution in [3.8, 4) is 5.75 Å². The second kappa shape index (κ2) is 7.86. The summed E-state index contributed by atoms with van der Waals surface area (Å²) in [6, 6.07) is 5.43. The average Bonchev–Trinajstić information content (AvgIpc) is 2.99. The highest BCUT2D eigenvalue weighted by Gasteiger charge is 2.18. The van der Waals surface area contributed by atoms with Crippen molar-refractivity contribution in [1.82, 2.24) is 10.6 Å². The topological polar surface area (TPSA) is 50.4 Å². The van der Waals surface area contributed by atoms with Crippen molar-refractivity contribution < 1.29 is 9.53 Å². The molecule has 6 heteroatoms. The molecule has 0 saturated carbocycles. The number of carbonyl (C=O) groups is 1. The molecule has 2 heterocycles. The Morgan fingerprint density at radius 3 is 3.09 bits per heavy atom. The van der Waals surface area contributed by atoms with Crippen LogP contribution in [0.4, 0.5) is 0 Å². The van der Waals surface area contributed by atoms with E-state index in [0.29, 0.717) is 29.7 Å². The lowest BCUT2D eigenvalue weighted by atomic mass is 10.0. The molecule has 0 bridgehead atoms. The van der Waals surface area contributed by atoms with E-state index < -0.39 is 0 Å². The summed E-state index contributed by atoms with van der Waals surface area (Å²) in [5.41, 5.74) is 1.51. The van der Waals surface area contributed by atoms with Gasteiger partial charge in [0.1, 0.15) is 12.4 Å². The lowest BCUT2D eigenvalue weighted by Crippen LogP contribution is -2.30. The van der Waals surface area contributed by atoms with Gasteiger partial charge in [-0.1, -0.05) is 11.6 Å². The molecule has 1 aromatic rings. The standard InChI is InChI=1S/C16H19ClN2O2.ClH/c17-14-1-2-15-12(8-14)7-13(10-21-15)16(20)19-6-4-11-3-5-18-9-11;/h1-2,7-8,11,18H,3-6,9-10H2,(H,19,20);1H. The third-order valence-electron chi connectivity index (χ3n) is 3.98. The summed E-state index contributed by atoms with van der Waals surface area (Å²) in [6.45, 7) is 3.18. The summed E-state index contributed by atoms with van der Waals surface area (Å²) < 4.78 is 5.59. The van der Waals surface area contributed by atoms with Gasteiger partial charge in [0.05, 0.1) is 5.57 Å². The molecule has 4 nitrogen and oxygen atoms in total. The number of amides is 1. The summed E-state index contributed by atoms with van der Waals surface area (Å²) in [5.74, 6) is 1.40. The van der Waals surface area contributed by atoms with Crippen molar-refractivity contribution in [3.05, 3.63) is 34.4 Å². The monoisotopic (exact) mass is 342 g/mol. The second-order valence-corrected chi connectivity index (χ2v) is 5.98. The SMILES string of the molecule is Cl.O=C(NCCC1CCNC1)C1=Cc2cc(Cl)ccc2OC1. The van der Waals surface area contributed by atoms with Crippen LogP contribution < -0.4 is 15.4 Å². The Bertz CT molecular complexity index is 569. The summed E-state index contributed by atoms with van der Waals surface area (Å²) in [5, 5.41) is 6.95. The highest BCUT2D eigenvalue weighted by atomic mass is 35.5. The van der Waals surface area contributed by atoms with E-state index in [1.54, 1.807) is 6.07 Å². The summed E-state index contributed by atoms with van der Waals surface area (Å²) in [7, 11) is 0. The van der Waals surface area contributed by atoms with Gasteiger partial charge in [-0.25, -0.2) is 0 Å². The summed E-state index contributed by atoms with van der Waals surface area (Å²) >= 11 is 5.97. The fraction of sp³-hybridized carbons (Fsp3) is 0.438. The predicted octanol–water partition coefficient (Wildman–Crippen LogP) is 2.65. The molecule has 1 fully saturated rings. The van der Waals surface area contributed by atoms with Crippen LogP contribution in [0.3, 0.4) is 0 Å². The zero-order valence-corrected chi connectivity index (χ0v) is 13.8. The van der Waals surface area contributed by atoms with Crippen LogP contribution in [-0.4, -0.2) is 32.1 Å². The molecule has 120 valence electrons. The maximum Gasteiger partial charge on any atom is 0.250 e. The Labute approximate surface area is 141 Å². The minimum absolute atomic E-state index is 0. The molecule has 1 aromatic carbocycles. The van der Waals surface area contributed by atoms with Crippen LogP contribution in [0.15, 0.2) is 23.8 Å². The van der Waals surface area contributed by atoms with Crippen molar-refractivity contribution in [2.24, 2.45) is 5.92 Å². The van der Waals surface area contributed by atoms with Gasteiger partial charge in [0.15, 0.2) is 0 Å². The van der Waals surface area contributed by atoms with Crippen LogP contribution >= 0.6 is 24.0 Å². The van der Waals surface area contributed by atoms with E-state index in [1.807, 2.05) is 18.2 Å². The first-order valence-electron chi connectivity index (χ1n) is 7.34. The largest absolute Gasteiger partial charge is 0.488 e. The lowest BCUT2D eigenvalue weighted by Gasteiger charge is -2.18. The number of fused-ring (bicyclic) bond motifs is 1. The molecule has 2 aliphatic heterocycles. The second-order valence-electron chi connectivity index (χ2n) is 5.54. The molecular formula is C16H20Cl2N2O2. The number of nitrogens with one attached hydrogen (secondary N) is 2. The quantitative estimate of drug-likeness (QED) is 0.884. The van der Waals surface area contributed by atoms with E-state index in [0.717, 1.165) is 30.8 Å². The van der Waals surface area contributed by atoms with Crippen LogP contribution in [0, 0.1) is 5.92 Å². The Hall–Kier alpha value is -1.23. The van der Waals surface area contributed by atoms with E-state index in [9.17, 15) is 4.79 Å². The highest BCUT2D eigenvalue weighted by molar-refractivity contribution is 6.30. The van der Waals surface area contributed by atoms with E-state index >= 15 is 0 Å². The minimum Gasteiger partial charge on any atom is -0.488 e. The van der Waals surface area contributed by atoms with E-state index in [1.165, 1.54) is 6.42 Å². The maximum absolute atomic E-state index is 12.2. The first-order valence-corrected chi connectivity index (χ1v) is 7.72. The maximum atomic E-state index is 12.2. The van der Waals surface area contributed by atoms with Crippen molar-refractivity contribution in [2.75, 3.05) is 26.2 Å². The molecule has 1 atom stereocenters. The summed E-state index contributed by atoms with van der Waals surface area (Å²) in [4.78, 5) is 12.2. The van der Waals surface area contributed by atoms with Crippen LogP contribution in [0.2, 0.25) is 5.02 Å². The van der Waals surface area contributed by atoms with Gasteiger partial charge in [0.25, 0.3) is 5.91 Å². The van der Waals surface area contributed by atoms with E-state index in [4.69, 9.17) is 16.3 Å². The van der Waals surface area contributed by atoms with Gasteiger partial charge in [0.2, 0.25) is 0 Å². The number of carbonyl (C=O) groups excluding carboxylic acids is 1. The van der Waals surface area contributed by atoms with Crippen LogP contribution in [0.5, 0.6) is 5.75 Å². The molecule has 0 spiro atoms. The number of benzene rings is 1. The van der Waals surface area contributed by atoms with Crippen molar-refractivity contribution in [1.29, 1.82) is 0 Å². The fourth-order valence-corrected chi connectivity index (χ4v) is 2.92. The molecule has 1 unspecified atom stereocenters. The molecule has 2 aliphatic rings. The van der Waals surface area contributed by atoms with Crippen molar-refractivity contribution in [2.45, 2.75) is 12.8 Å². The number of halogens is 2. The number of hydrogen-bond acceptors (Lipinski definition) is 3. The molecule has 3 rings (SSSR count). The van der Waals surface area contributed by atoms with Gasteiger partial charge < -0.3 is 15.4 Å². The normalized spacial score (nSPS) is 19.5. The molecule has 1 saturated heterocycles. The smallest absolute Gasteiger partial charge is 0.250 e. The Kier molecular flexibility index (Phi) is 6.12. The van der Waals surface area contributed by atoms with Crippen molar-refractivity contribution in [3.63, 3.8) is 0 Å². The predicted molar refractivity (Wildman–Crippen MR) is 90.8 cm³/mol. The van der Waals surface area contributed by atoms with Gasteiger partial charge in [-0.3, -0.25) is 4.79 Å². The van der Waals surface area contributed by atoms with Gasteiger partial charge in [0, 0.05) is 17.1 Å². The molecule has 0 aliphatic carbocycles. The van der Waals surface area contributed by atoms with E-state index in [-0.39, 0.29) is 18.3 Å². The lowest BCUT2D eigenvalue weighted by molar-refractivity contribution is -0.117. The molecule has 1 amide bonds. The first-order chi connectivity index (χ1) is 10.2. The minimum atomic E-state index is -0.0495. The Balaban J connectivity index is 0.00000176. The van der Waals surface area contributed by atoms with Crippen LogP contribution in [0.1, 0.15) is 18.4 Å². The first kappa shape index (κ1) is 17.1. The van der Waals surface area contributed by atoms with Crippen LogP contribution in [-0.2, 0) is 4.79 Å². The van der Waals surface area contributed by atoms with Gasteiger partial charge in [-0.2, -0.15) is 0 Å². The highest BCUT2D eigenvalue weighted by Crippen LogP contribution is 2.28. The van der Waals surface area contributed by atoms with Gasteiger partial charge >= 0.3 is 0 Å². The Morgan fingerprint density at radius 2 is 2.32 bits per heavy atom. The number of rotatable bonds is 4. The van der Waals surface area contributed by atoms with Crippen molar-refractivity contribution >= 4 is 36.0 Å². The number of ether oxygens (including phenoxy) is 1. The molecule has 2 N–H and O–H groups in total. The average molecular weight is 343 g/mol. The van der Waals surface area contributed by atoms with Gasteiger partial charge in [-0.15, -0.1) is 12.4 Å². The molecule has 22 heavy (non-hydrogen) atoms. The number of hydrogen-bond donors (Lipinski definition) is 2. The van der Waals surface area contributed by atoms with Gasteiger partial charge in [-0.05, 0) is 56.1 Å².